The van der Waals surface area contributed by atoms with E-state index in [2.05, 4.69) is 15.1 Å². The van der Waals surface area contributed by atoms with E-state index in [0.717, 1.165) is 33.4 Å². The maximum absolute atomic E-state index is 13.5. The van der Waals surface area contributed by atoms with Crippen molar-refractivity contribution >= 4 is 73.3 Å². The second kappa shape index (κ2) is 12.3. The standard InChI is InChI=1S/C31H21ClN4O3S3/c32-23-16-17-26-24(18-23)35-30(41-26)42-38-28(37)27(25-19-40-29(33)34-25)36-39-31(20-10-4-1-5-11-20,21-12-6-2-7-13-21)22-14-8-3-9-15-22/h1-19H,(H2,33,34)/b36-27-. The predicted octanol–water partition coefficient (Wildman–Crippen LogP) is 7.95. The number of thiazole rings is 2. The van der Waals surface area contributed by atoms with Gasteiger partial charge in [0.2, 0.25) is 11.3 Å². The summed E-state index contributed by atoms with van der Waals surface area (Å²) in [5.41, 5.74) is 8.01. The van der Waals surface area contributed by atoms with Gasteiger partial charge in [0.05, 0.1) is 10.2 Å². The largest absolute Gasteiger partial charge is 0.379 e. The number of anilines is 1. The van der Waals surface area contributed by atoms with Gasteiger partial charge in [-0.15, -0.1) is 22.7 Å². The number of halogens is 1. The highest BCUT2D eigenvalue weighted by Gasteiger charge is 2.40. The van der Waals surface area contributed by atoms with Crippen LogP contribution in [0.25, 0.3) is 10.2 Å². The molecular formula is C31H21ClN4O3S3. The van der Waals surface area contributed by atoms with Crippen LogP contribution in [0.2, 0.25) is 5.02 Å². The average Bonchev–Trinajstić information content (AvgIpc) is 3.65. The first-order valence-corrected chi connectivity index (χ1v) is 15.4. The number of nitrogens with zero attached hydrogens (tertiary/aromatic N) is 3. The third kappa shape index (κ3) is 5.75. The van der Waals surface area contributed by atoms with Crippen LogP contribution in [0.4, 0.5) is 5.13 Å². The topological polar surface area (TPSA) is 99.7 Å². The second-order valence-electron chi connectivity index (χ2n) is 8.93. The SMILES string of the molecule is Nc1nc(/C(=N/OC(c2ccccc2)(c2ccccc2)c2ccccc2)C(=O)OSc2nc3cc(Cl)ccc3s2)cs1. The van der Waals surface area contributed by atoms with Crippen molar-refractivity contribution in [2.45, 2.75) is 9.94 Å². The van der Waals surface area contributed by atoms with Crippen LogP contribution in [0.15, 0.2) is 124 Å². The van der Waals surface area contributed by atoms with E-state index in [9.17, 15) is 4.79 Å². The zero-order valence-corrected chi connectivity index (χ0v) is 24.9. The van der Waals surface area contributed by atoms with Gasteiger partial charge in [-0.2, -0.15) is 0 Å². The highest BCUT2D eigenvalue weighted by Crippen LogP contribution is 2.41. The van der Waals surface area contributed by atoms with Crippen molar-refractivity contribution in [1.29, 1.82) is 0 Å². The summed E-state index contributed by atoms with van der Waals surface area (Å²) < 4.78 is 7.05. The third-order valence-electron chi connectivity index (χ3n) is 6.29. The van der Waals surface area contributed by atoms with Gasteiger partial charge in [-0.1, -0.05) is 108 Å². The van der Waals surface area contributed by atoms with Crippen LogP contribution in [-0.2, 0) is 19.4 Å². The van der Waals surface area contributed by atoms with Gasteiger partial charge in [0, 0.05) is 27.1 Å². The molecule has 0 unspecified atom stereocenters. The molecule has 6 rings (SSSR count). The molecule has 6 aromatic rings. The number of hydrogen-bond donors (Lipinski definition) is 1. The summed E-state index contributed by atoms with van der Waals surface area (Å²) in [5.74, 6) is -0.759. The molecule has 0 aliphatic carbocycles. The minimum absolute atomic E-state index is 0.133. The van der Waals surface area contributed by atoms with E-state index >= 15 is 0 Å². The number of fused-ring (bicyclic) bond motifs is 1. The van der Waals surface area contributed by atoms with Crippen molar-refractivity contribution < 1.29 is 13.8 Å². The maximum Gasteiger partial charge on any atom is 0.375 e. The van der Waals surface area contributed by atoms with E-state index in [1.54, 1.807) is 17.5 Å². The lowest BCUT2D eigenvalue weighted by Gasteiger charge is -2.33. The molecule has 208 valence electrons. The Morgan fingerprint density at radius 1 is 0.857 bits per heavy atom. The summed E-state index contributed by atoms with van der Waals surface area (Å²) in [5, 5.41) is 6.95. The van der Waals surface area contributed by atoms with Crippen LogP contribution in [0, 0.1) is 0 Å². The lowest BCUT2D eigenvalue weighted by molar-refractivity contribution is -0.126. The summed E-state index contributed by atoms with van der Waals surface area (Å²) in [7, 11) is 0. The van der Waals surface area contributed by atoms with Gasteiger partial charge in [-0.3, -0.25) is 0 Å². The first kappa shape index (κ1) is 27.9. The molecule has 0 aliphatic heterocycles. The molecule has 11 heteroatoms. The molecule has 0 bridgehead atoms. The van der Waals surface area contributed by atoms with E-state index in [0.29, 0.717) is 14.9 Å². The zero-order valence-electron chi connectivity index (χ0n) is 21.7. The summed E-state index contributed by atoms with van der Waals surface area (Å²) in [4.78, 5) is 28.9. The van der Waals surface area contributed by atoms with Gasteiger partial charge >= 0.3 is 5.97 Å². The monoisotopic (exact) mass is 628 g/mol. The van der Waals surface area contributed by atoms with Crippen LogP contribution >= 0.6 is 46.3 Å². The summed E-state index contributed by atoms with van der Waals surface area (Å²) in [6, 6.07) is 34.6. The van der Waals surface area contributed by atoms with Crippen molar-refractivity contribution in [3.63, 3.8) is 0 Å². The van der Waals surface area contributed by atoms with Gasteiger partial charge in [-0.25, -0.2) is 14.8 Å². The van der Waals surface area contributed by atoms with Gasteiger partial charge in [0.15, 0.2) is 9.47 Å². The number of benzene rings is 4. The second-order valence-corrected chi connectivity index (χ2v) is 12.3. The zero-order chi connectivity index (χ0) is 28.9. The third-order valence-corrected chi connectivity index (χ3v) is 8.95. The Kier molecular flexibility index (Phi) is 8.20. The summed E-state index contributed by atoms with van der Waals surface area (Å²) >= 11 is 9.50. The molecule has 7 nitrogen and oxygen atoms in total. The van der Waals surface area contributed by atoms with Crippen LogP contribution in [0.5, 0.6) is 0 Å². The van der Waals surface area contributed by atoms with Gasteiger partial charge < -0.3 is 14.8 Å². The Balaban J connectivity index is 1.41. The molecule has 0 saturated heterocycles. The molecule has 42 heavy (non-hydrogen) atoms. The van der Waals surface area contributed by atoms with Crippen LogP contribution < -0.4 is 5.73 Å². The molecule has 0 spiro atoms. The normalized spacial score (nSPS) is 11.9. The molecule has 0 radical (unpaired) electrons. The number of aromatic nitrogens is 2. The highest BCUT2D eigenvalue weighted by atomic mass is 35.5. The van der Waals surface area contributed by atoms with Crippen molar-refractivity contribution in [2.75, 3.05) is 5.73 Å². The fourth-order valence-electron chi connectivity index (χ4n) is 4.40. The van der Waals surface area contributed by atoms with Crippen molar-refractivity contribution in [1.82, 2.24) is 9.97 Å². The van der Waals surface area contributed by atoms with Crippen molar-refractivity contribution in [3.05, 3.63) is 142 Å². The van der Waals surface area contributed by atoms with E-state index in [4.69, 9.17) is 26.4 Å². The number of nitrogen functional groups attached to an aromatic ring is 1. The Hall–Kier alpha value is -4.22. The fourth-order valence-corrected chi connectivity index (χ4v) is 6.66. The smallest absolute Gasteiger partial charge is 0.375 e. The minimum Gasteiger partial charge on any atom is -0.379 e. The molecule has 0 fully saturated rings. The number of oxime groups is 1. The number of carbonyl (C=O) groups excluding carboxylic acids is 1. The van der Waals surface area contributed by atoms with E-state index in [1.807, 2.05) is 97.1 Å². The number of hydrogen-bond acceptors (Lipinski definition) is 10. The minimum atomic E-state index is -1.20. The van der Waals surface area contributed by atoms with E-state index < -0.39 is 11.6 Å². The van der Waals surface area contributed by atoms with Crippen molar-refractivity contribution in [3.8, 4) is 0 Å². The van der Waals surface area contributed by atoms with Gasteiger partial charge in [0.1, 0.15) is 17.7 Å². The number of nitrogens with two attached hydrogens (primary N) is 1. The molecule has 4 aromatic carbocycles. The fraction of sp³-hybridized carbons (Fsp3) is 0.0323. The average molecular weight is 629 g/mol. The van der Waals surface area contributed by atoms with Crippen LogP contribution in [0.1, 0.15) is 22.4 Å². The Bertz CT molecular complexity index is 1770. The van der Waals surface area contributed by atoms with Crippen molar-refractivity contribution in [2.24, 2.45) is 5.16 Å². The molecule has 0 amide bonds. The first-order valence-electron chi connectivity index (χ1n) is 12.6. The summed E-state index contributed by atoms with van der Waals surface area (Å²) in [6.45, 7) is 0. The summed E-state index contributed by atoms with van der Waals surface area (Å²) in [6.07, 6.45) is 0. The number of carbonyl (C=O) groups is 1. The predicted molar refractivity (Wildman–Crippen MR) is 170 cm³/mol. The molecule has 2 heterocycles. The molecule has 2 aromatic heterocycles. The van der Waals surface area contributed by atoms with E-state index in [-0.39, 0.29) is 16.5 Å². The van der Waals surface area contributed by atoms with Gasteiger partial charge in [0.25, 0.3) is 0 Å². The molecule has 0 aliphatic rings. The quantitative estimate of drug-likeness (QED) is 0.0750. The first-order chi connectivity index (χ1) is 20.5. The maximum atomic E-state index is 13.5. The Morgan fingerprint density at radius 3 is 2.00 bits per heavy atom. The highest BCUT2D eigenvalue weighted by molar-refractivity contribution is 7.97. The molecule has 2 N–H and O–H groups in total. The Labute approximate surface area is 258 Å². The van der Waals surface area contributed by atoms with E-state index in [1.165, 1.54) is 22.7 Å². The lowest BCUT2D eigenvalue weighted by Crippen LogP contribution is -2.32. The van der Waals surface area contributed by atoms with Crippen LogP contribution in [-0.4, -0.2) is 21.6 Å². The Morgan fingerprint density at radius 2 is 1.45 bits per heavy atom. The molecule has 0 saturated carbocycles. The lowest BCUT2D eigenvalue weighted by atomic mass is 9.80. The molecular weight excluding hydrogens is 608 g/mol. The number of rotatable bonds is 9. The molecule has 0 atom stereocenters. The van der Waals surface area contributed by atoms with Crippen LogP contribution in [0.3, 0.4) is 0 Å². The van der Waals surface area contributed by atoms with Gasteiger partial charge in [-0.05, 0) is 18.2 Å².